The van der Waals surface area contributed by atoms with Crippen molar-refractivity contribution in [1.82, 2.24) is 10.2 Å². The van der Waals surface area contributed by atoms with E-state index in [0.29, 0.717) is 12.3 Å². The van der Waals surface area contributed by atoms with Gasteiger partial charge in [0.05, 0.1) is 16.6 Å². The van der Waals surface area contributed by atoms with Gasteiger partial charge in [-0.15, -0.1) is 10.2 Å². The summed E-state index contributed by atoms with van der Waals surface area (Å²) in [5.41, 5.74) is 5.92. The van der Waals surface area contributed by atoms with Gasteiger partial charge in [0.15, 0.2) is 5.82 Å². The molecule has 0 bridgehead atoms. The van der Waals surface area contributed by atoms with Gasteiger partial charge in [-0.2, -0.15) is 0 Å². The van der Waals surface area contributed by atoms with E-state index in [9.17, 15) is 4.39 Å². The number of rotatable bonds is 3. The average molecular weight is 256 g/mol. The first-order valence-corrected chi connectivity index (χ1v) is 5.54. The van der Waals surface area contributed by atoms with Crippen LogP contribution in [0.2, 0.25) is 5.02 Å². The Morgan fingerprint density at radius 3 is 2.94 bits per heavy atom. The van der Waals surface area contributed by atoms with Crippen LogP contribution in [0.4, 0.5) is 4.39 Å². The predicted molar refractivity (Wildman–Crippen MR) is 61.9 cm³/mol. The van der Waals surface area contributed by atoms with Gasteiger partial charge in [-0.3, -0.25) is 0 Å². The third-order valence-electron chi connectivity index (χ3n) is 2.38. The minimum atomic E-state index is -0.575. The average Bonchev–Trinajstić information content (AvgIpc) is 2.81. The van der Waals surface area contributed by atoms with Crippen LogP contribution in [0.1, 0.15) is 25.3 Å². The van der Waals surface area contributed by atoms with Gasteiger partial charge in [-0.05, 0) is 18.6 Å². The van der Waals surface area contributed by atoms with E-state index in [1.165, 1.54) is 12.1 Å². The molecule has 0 saturated carbocycles. The highest BCUT2D eigenvalue weighted by Gasteiger charge is 2.17. The fourth-order valence-electron chi connectivity index (χ4n) is 1.34. The van der Waals surface area contributed by atoms with Crippen molar-refractivity contribution < 1.29 is 8.81 Å². The smallest absolute Gasteiger partial charge is 0.250 e. The Balaban J connectivity index is 2.40. The van der Waals surface area contributed by atoms with E-state index in [-0.39, 0.29) is 22.5 Å². The number of nitrogens with two attached hydrogens (primary N) is 1. The van der Waals surface area contributed by atoms with Crippen LogP contribution in [0.25, 0.3) is 11.5 Å². The van der Waals surface area contributed by atoms with E-state index in [1.54, 1.807) is 6.07 Å². The third-order valence-corrected chi connectivity index (χ3v) is 2.67. The fourth-order valence-corrected chi connectivity index (χ4v) is 1.51. The van der Waals surface area contributed by atoms with Crippen LogP contribution in [-0.2, 0) is 0 Å². The lowest BCUT2D eigenvalue weighted by Gasteiger charge is -2.01. The van der Waals surface area contributed by atoms with Crippen LogP contribution < -0.4 is 5.73 Å². The van der Waals surface area contributed by atoms with Gasteiger partial charge in [0.2, 0.25) is 5.89 Å². The van der Waals surface area contributed by atoms with Crippen LogP contribution in [0.15, 0.2) is 22.6 Å². The molecule has 0 aliphatic heterocycles. The Kier molecular flexibility index (Phi) is 3.40. The molecule has 17 heavy (non-hydrogen) atoms. The van der Waals surface area contributed by atoms with Crippen molar-refractivity contribution in [1.29, 1.82) is 0 Å². The zero-order valence-electron chi connectivity index (χ0n) is 9.15. The van der Waals surface area contributed by atoms with E-state index >= 15 is 0 Å². The van der Waals surface area contributed by atoms with Crippen LogP contribution in [0, 0.1) is 5.82 Å². The normalized spacial score (nSPS) is 12.7. The fraction of sp³-hybridized carbons (Fsp3) is 0.273. The highest BCUT2D eigenvalue weighted by molar-refractivity contribution is 6.31. The van der Waals surface area contributed by atoms with Crippen molar-refractivity contribution >= 4 is 11.6 Å². The molecule has 1 heterocycles. The number of benzene rings is 1. The number of hydrogen-bond donors (Lipinski definition) is 1. The maximum absolute atomic E-state index is 13.7. The van der Waals surface area contributed by atoms with Crippen molar-refractivity contribution in [2.45, 2.75) is 19.4 Å². The molecule has 2 rings (SSSR count). The van der Waals surface area contributed by atoms with Crippen LogP contribution in [0.3, 0.4) is 0 Å². The van der Waals surface area contributed by atoms with Gasteiger partial charge >= 0.3 is 0 Å². The number of halogens is 2. The summed E-state index contributed by atoms with van der Waals surface area (Å²) in [6, 6.07) is 4.26. The zero-order valence-corrected chi connectivity index (χ0v) is 9.91. The van der Waals surface area contributed by atoms with Gasteiger partial charge in [-0.1, -0.05) is 24.6 Å². The van der Waals surface area contributed by atoms with Gasteiger partial charge in [-0.25, -0.2) is 4.39 Å². The summed E-state index contributed by atoms with van der Waals surface area (Å²) in [5.74, 6) is -0.194. The zero-order chi connectivity index (χ0) is 12.4. The van der Waals surface area contributed by atoms with Gasteiger partial charge in [0.25, 0.3) is 5.89 Å². The quantitative estimate of drug-likeness (QED) is 0.916. The highest BCUT2D eigenvalue weighted by Crippen LogP contribution is 2.27. The Morgan fingerprint density at radius 1 is 1.47 bits per heavy atom. The lowest BCUT2D eigenvalue weighted by Crippen LogP contribution is -2.08. The first-order valence-electron chi connectivity index (χ1n) is 5.16. The van der Waals surface area contributed by atoms with Crippen molar-refractivity contribution in [2.24, 2.45) is 5.73 Å². The van der Waals surface area contributed by atoms with Crippen molar-refractivity contribution in [2.75, 3.05) is 0 Å². The third kappa shape index (κ3) is 2.30. The summed E-state index contributed by atoms with van der Waals surface area (Å²) in [6.45, 7) is 1.90. The van der Waals surface area contributed by atoms with E-state index in [2.05, 4.69) is 10.2 Å². The second kappa shape index (κ2) is 4.81. The predicted octanol–water partition coefficient (Wildman–Crippen LogP) is 2.94. The second-order valence-electron chi connectivity index (χ2n) is 3.56. The molecular weight excluding hydrogens is 245 g/mol. The maximum Gasteiger partial charge on any atom is 0.250 e. The van der Waals surface area contributed by atoms with E-state index in [4.69, 9.17) is 21.8 Å². The lowest BCUT2D eigenvalue weighted by molar-refractivity contribution is 0.450. The number of hydrogen-bond acceptors (Lipinski definition) is 4. The maximum atomic E-state index is 13.7. The summed E-state index contributed by atoms with van der Waals surface area (Å²) < 4.78 is 19.0. The van der Waals surface area contributed by atoms with Crippen LogP contribution in [0.5, 0.6) is 0 Å². The molecule has 0 radical (unpaired) electrons. The van der Waals surface area contributed by atoms with Crippen molar-refractivity contribution in [3.05, 3.63) is 34.9 Å². The Morgan fingerprint density at radius 2 is 2.24 bits per heavy atom. The molecule has 4 nitrogen and oxygen atoms in total. The summed E-state index contributed by atoms with van der Waals surface area (Å²) in [7, 11) is 0. The molecule has 0 aliphatic rings. The molecule has 1 unspecified atom stereocenters. The van der Waals surface area contributed by atoms with Crippen molar-refractivity contribution in [3.63, 3.8) is 0 Å². The van der Waals surface area contributed by atoms with Crippen LogP contribution in [-0.4, -0.2) is 10.2 Å². The van der Waals surface area contributed by atoms with Gasteiger partial charge in [0, 0.05) is 0 Å². The molecule has 0 aliphatic carbocycles. The largest absolute Gasteiger partial charge is 0.419 e. The van der Waals surface area contributed by atoms with E-state index < -0.39 is 5.82 Å². The molecule has 0 saturated heterocycles. The first kappa shape index (κ1) is 12.0. The summed E-state index contributed by atoms with van der Waals surface area (Å²) in [4.78, 5) is 0. The standard InChI is InChI=1S/C11H11ClFN3O/c1-2-8(14)11-16-15-10(17-11)6-4-3-5-7(12)9(6)13/h3-5,8H,2,14H2,1H3. The summed E-state index contributed by atoms with van der Waals surface area (Å²) in [6.07, 6.45) is 0.666. The molecule has 0 fully saturated rings. The molecule has 90 valence electrons. The lowest BCUT2D eigenvalue weighted by atomic mass is 10.2. The van der Waals surface area contributed by atoms with E-state index in [1.807, 2.05) is 6.92 Å². The Bertz CT molecular complexity index is 529. The van der Waals surface area contributed by atoms with Crippen molar-refractivity contribution in [3.8, 4) is 11.5 Å². The van der Waals surface area contributed by atoms with E-state index in [0.717, 1.165) is 0 Å². The molecule has 1 atom stereocenters. The molecular formula is C11H11ClFN3O. The molecule has 2 aromatic rings. The highest BCUT2D eigenvalue weighted by atomic mass is 35.5. The summed E-state index contributed by atoms with van der Waals surface area (Å²) in [5, 5.41) is 7.56. The second-order valence-corrected chi connectivity index (χ2v) is 3.97. The molecule has 2 N–H and O–H groups in total. The first-order chi connectivity index (χ1) is 8.13. The van der Waals surface area contributed by atoms with Gasteiger partial charge < -0.3 is 10.2 Å². The monoisotopic (exact) mass is 255 g/mol. The number of nitrogens with zero attached hydrogens (tertiary/aromatic N) is 2. The molecule has 1 aromatic heterocycles. The topological polar surface area (TPSA) is 64.9 Å². The Labute approximate surface area is 103 Å². The van der Waals surface area contributed by atoms with Gasteiger partial charge in [0.1, 0.15) is 0 Å². The molecule has 6 heteroatoms. The molecule has 0 spiro atoms. The minimum absolute atomic E-state index is 0.0158. The number of aromatic nitrogens is 2. The SMILES string of the molecule is CCC(N)c1nnc(-c2cccc(Cl)c2F)o1. The Hall–Kier alpha value is -1.46. The minimum Gasteiger partial charge on any atom is -0.419 e. The molecule has 1 aromatic carbocycles. The molecule has 0 amide bonds. The van der Waals surface area contributed by atoms with Crippen LogP contribution >= 0.6 is 11.6 Å². The summed E-state index contributed by atoms with van der Waals surface area (Å²) >= 11 is 5.67.